The van der Waals surface area contributed by atoms with Crippen molar-refractivity contribution in [2.24, 2.45) is 0 Å². The maximum absolute atomic E-state index is 13.3. The molecule has 0 spiro atoms. The minimum Gasteiger partial charge on any atom is -0.282 e. The zero-order valence-electron chi connectivity index (χ0n) is 15.6. The van der Waals surface area contributed by atoms with Crippen LogP contribution in [-0.2, 0) is 6.54 Å². The van der Waals surface area contributed by atoms with Crippen LogP contribution in [0, 0.1) is 13.8 Å². The lowest BCUT2D eigenvalue weighted by molar-refractivity contribution is 0.0985. The van der Waals surface area contributed by atoms with Gasteiger partial charge < -0.3 is 0 Å². The summed E-state index contributed by atoms with van der Waals surface area (Å²) < 4.78 is 2.97. The third-order valence-electron chi connectivity index (χ3n) is 4.49. The number of para-hydroxylation sites is 1. The SMILES string of the molecule is Cc1cc(C)n(CCN(C(=O)c2ccc(Cl)cc2)c2nc3ccccc3s2)n1. The van der Waals surface area contributed by atoms with Crippen molar-refractivity contribution < 1.29 is 4.79 Å². The van der Waals surface area contributed by atoms with Gasteiger partial charge in [0.15, 0.2) is 5.13 Å². The molecule has 142 valence electrons. The van der Waals surface area contributed by atoms with Crippen molar-refractivity contribution in [2.45, 2.75) is 20.4 Å². The molecule has 0 aliphatic heterocycles. The molecular weight excluding hydrogens is 392 g/mol. The van der Waals surface area contributed by atoms with Crippen molar-refractivity contribution in [1.82, 2.24) is 14.8 Å². The number of anilines is 1. The third-order valence-corrected chi connectivity index (χ3v) is 5.80. The number of fused-ring (bicyclic) bond motifs is 1. The van der Waals surface area contributed by atoms with Gasteiger partial charge in [-0.1, -0.05) is 35.1 Å². The number of amides is 1. The number of nitrogens with zero attached hydrogens (tertiary/aromatic N) is 4. The quantitative estimate of drug-likeness (QED) is 0.459. The molecule has 1 amide bonds. The van der Waals surface area contributed by atoms with Gasteiger partial charge in [-0.05, 0) is 56.3 Å². The molecule has 0 radical (unpaired) electrons. The molecule has 7 heteroatoms. The van der Waals surface area contributed by atoms with Gasteiger partial charge in [0.05, 0.1) is 22.5 Å². The topological polar surface area (TPSA) is 51.0 Å². The van der Waals surface area contributed by atoms with E-state index in [2.05, 4.69) is 10.1 Å². The van der Waals surface area contributed by atoms with E-state index < -0.39 is 0 Å². The number of hydrogen-bond acceptors (Lipinski definition) is 4. The Bertz CT molecular complexity index is 1100. The van der Waals surface area contributed by atoms with Crippen molar-refractivity contribution >= 4 is 44.2 Å². The molecule has 28 heavy (non-hydrogen) atoms. The molecule has 0 fully saturated rings. The number of aromatic nitrogens is 3. The van der Waals surface area contributed by atoms with Crippen LogP contribution in [-0.4, -0.2) is 27.2 Å². The van der Waals surface area contributed by atoms with Gasteiger partial charge in [-0.3, -0.25) is 14.4 Å². The molecule has 4 rings (SSSR count). The molecule has 0 aliphatic carbocycles. The number of aryl methyl sites for hydroxylation is 2. The standard InChI is InChI=1S/C21H19ClN4OS/c1-14-13-15(2)26(24-14)12-11-25(20(27)16-7-9-17(22)10-8-16)21-23-18-5-3-4-6-19(18)28-21/h3-10,13H,11-12H2,1-2H3. The van der Waals surface area contributed by atoms with Crippen LogP contribution in [0.1, 0.15) is 21.7 Å². The first kappa shape index (κ1) is 18.7. The molecule has 0 aliphatic rings. The number of thiazole rings is 1. The van der Waals surface area contributed by atoms with Crippen LogP contribution in [0.2, 0.25) is 5.02 Å². The Kier molecular flexibility index (Phi) is 5.15. The van der Waals surface area contributed by atoms with Crippen LogP contribution in [0.3, 0.4) is 0 Å². The van der Waals surface area contributed by atoms with E-state index in [-0.39, 0.29) is 5.91 Å². The van der Waals surface area contributed by atoms with Crippen molar-refractivity contribution in [2.75, 3.05) is 11.4 Å². The Balaban J connectivity index is 1.68. The maximum Gasteiger partial charge on any atom is 0.260 e. The van der Waals surface area contributed by atoms with Gasteiger partial charge in [0.25, 0.3) is 5.91 Å². The second-order valence-electron chi connectivity index (χ2n) is 6.58. The number of rotatable bonds is 5. The number of carbonyl (C=O) groups is 1. The zero-order chi connectivity index (χ0) is 19.7. The van der Waals surface area contributed by atoms with Crippen molar-refractivity contribution in [1.29, 1.82) is 0 Å². The molecule has 2 heterocycles. The lowest BCUT2D eigenvalue weighted by Crippen LogP contribution is -2.34. The summed E-state index contributed by atoms with van der Waals surface area (Å²) in [6.45, 7) is 5.05. The number of carbonyl (C=O) groups excluding carboxylic acids is 1. The highest BCUT2D eigenvalue weighted by Crippen LogP contribution is 2.29. The maximum atomic E-state index is 13.3. The minimum atomic E-state index is -0.0998. The van der Waals surface area contributed by atoms with Gasteiger partial charge in [-0.2, -0.15) is 5.10 Å². The van der Waals surface area contributed by atoms with Crippen molar-refractivity contribution in [3.63, 3.8) is 0 Å². The molecule has 4 aromatic rings. The summed E-state index contributed by atoms with van der Waals surface area (Å²) >= 11 is 7.49. The van der Waals surface area contributed by atoms with E-state index in [1.54, 1.807) is 29.2 Å². The molecular formula is C21H19ClN4OS. The smallest absolute Gasteiger partial charge is 0.260 e. The predicted octanol–water partition coefficient (Wildman–Crippen LogP) is 5.11. The Morgan fingerprint density at radius 2 is 1.89 bits per heavy atom. The lowest BCUT2D eigenvalue weighted by Gasteiger charge is -2.20. The summed E-state index contributed by atoms with van der Waals surface area (Å²) in [5.41, 5.74) is 3.51. The largest absolute Gasteiger partial charge is 0.282 e. The van der Waals surface area contributed by atoms with E-state index in [1.807, 2.05) is 48.9 Å². The molecule has 0 unspecified atom stereocenters. The van der Waals surface area contributed by atoms with Gasteiger partial charge in [0.1, 0.15) is 0 Å². The fourth-order valence-electron chi connectivity index (χ4n) is 3.10. The van der Waals surface area contributed by atoms with Crippen molar-refractivity contribution in [3.8, 4) is 0 Å². The van der Waals surface area contributed by atoms with Gasteiger partial charge in [-0.15, -0.1) is 0 Å². The molecule has 0 bridgehead atoms. The molecule has 2 aromatic carbocycles. The summed E-state index contributed by atoms with van der Waals surface area (Å²) in [4.78, 5) is 19.7. The van der Waals surface area contributed by atoms with Crippen molar-refractivity contribution in [3.05, 3.63) is 76.6 Å². The normalized spacial score (nSPS) is 11.1. The molecule has 0 N–H and O–H groups in total. The summed E-state index contributed by atoms with van der Waals surface area (Å²) in [6, 6.07) is 16.9. The second kappa shape index (κ2) is 7.73. The summed E-state index contributed by atoms with van der Waals surface area (Å²) in [5, 5.41) is 5.79. The van der Waals surface area contributed by atoms with E-state index in [0.717, 1.165) is 21.6 Å². The van der Waals surface area contributed by atoms with E-state index >= 15 is 0 Å². The van der Waals surface area contributed by atoms with Crippen LogP contribution < -0.4 is 4.90 Å². The number of hydrogen-bond donors (Lipinski definition) is 0. The minimum absolute atomic E-state index is 0.0998. The fraction of sp³-hybridized carbons (Fsp3) is 0.190. The molecule has 0 atom stereocenters. The molecule has 5 nitrogen and oxygen atoms in total. The van der Waals surface area contributed by atoms with E-state index in [1.165, 1.54) is 11.3 Å². The molecule has 0 saturated carbocycles. The average Bonchev–Trinajstić information content (AvgIpc) is 3.24. The Morgan fingerprint density at radius 3 is 2.57 bits per heavy atom. The van der Waals surface area contributed by atoms with Crippen LogP contribution >= 0.6 is 22.9 Å². The third kappa shape index (κ3) is 3.79. The zero-order valence-corrected chi connectivity index (χ0v) is 17.2. The molecule has 0 saturated heterocycles. The Labute approximate surface area is 172 Å². The highest BCUT2D eigenvalue weighted by molar-refractivity contribution is 7.22. The first-order valence-electron chi connectivity index (χ1n) is 8.95. The van der Waals surface area contributed by atoms with Crippen LogP contribution in [0.5, 0.6) is 0 Å². The fourth-order valence-corrected chi connectivity index (χ4v) is 4.22. The highest BCUT2D eigenvalue weighted by Gasteiger charge is 2.21. The van der Waals surface area contributed by atoms with E-state index in [0.29, 0.717) is 28.8 Å². The van der Waals surface area contributed by atoms with Gasteiger partial charge >= 0.3 is 0 Å². The first-order valence-corrected chi connectivity index (χ1v) is 10.1. The average molecular weight is 411 g/mol. The monoisotopic (exact) mass is 410 g/mol. The van der Waals surface area contributed by atoms with E-state index in [4.69, 9.17) is 11.6 Å². The van der Waals surface area contributed by atoms with Crippen LogP contribution in [0.15, 0.2) is 54.6 Å². The number of halogens is 1. The highest BCUT2D eigenvalue weighted by atomic mass is 35.5. The molecule has 2 aromatic heterocycles. The van der Waals surface area contributed by atoms with Crippen LogP contribution in [0.4, 0.5) is 5.13 Å². The summed E-state index contributed by atoms with van der Waals surface area (Å²) in [6.07, 6.45) is 0. The lowest BCUT2D eigenvalue weighted by atomic mass is 10.2. The Morgan fingerprint density at radius 1 is 1.14 bits per heavy atom. The van der Waals surface area contributed by atoms with Gasteiger partial charge in [-0.25, -0.2) is 4.98 Å². The van der Waals surface area contributed by atoms with Crippen LogP contribution in [0.25, 0.3) is 10.2 Å². The first-order chi connectivity index (χ1) is 13.5. The van der Waals surface area contributed by atoms with E-state index in [9.17, 15) is 4.79 Å². The summed E-state index contributed by atoms with van der Waals surface area (Å²) in [7, 11) is 0. The Hall–Kier alpha value is -2.70. The van der Waals surface area contributed by atoms with Gasteiger partial charge in [0, 0.05) is 22.8 Å². The second-order valence-corrected chi connectivity index (χ2v) is 8.02. The predicted molar refractivity (Wildman–Crippen MR) is 114 cm³/mol. The summed E-state index contributed by atoms with van der Waals surface area (Å²) in [5.74, 6) is -0.0998. The van der Waals surface area contributed by atoms with Gasteiger partial charge in [0.2, 0.25) is 0 Å². The number of benzene rings is 2.